The number of aromatic amines is 1. The summed E-state index contributed by atoms with van der Waals surface area (Å²) in [7, 11) is 1.60. The van der Waals surface area contributed by atoms with Crippen molar-refractivity contribution in [1.82, 2.24) is 15.5 Å². The minimum Gasteiger partial charge on any atom is -0.496 e. The highest BCUT2D eigenvalue weighted by molar-refractivity contribution is 5.93. The molecule has 0 unspecified atom stereocenters. The molecular weight excluding hydrogens is 254 g/mol. The predicted molar refractivity (Wildman–Crippen MR) is 76.4 cm³/mol. The maximum absolute atomic E-state index is 11.8. The van der Waals surface area contributed by atoms with Crippen LogP contribution in [-0.4, -0.2) is 29.8 Å². The number of carbonyl (C=O) groups is 1. The summed E-state index contributed by atoms with van der Waals surface area (Å²) in [5.41, 5.74) is 1.88. The van der Waals surface area contributed by atoms with Crippen molar-refractivity contribution in [1.29, 1.82) is 0 Å². The molecule has 20 heavy (non-hydrogen) atoms. The molecule has 2 N–H and O–H groups in total. The van der Waals surface area contributed by atoms with E-state index in [2.05, 4.69) is 21.4 Å². The van der Waals surface area contributed by atoms with E-state index in [4.69, 9.17) is 11.2 Å². The van der Waals surface area contributed by atoms with Gasteiger partial charge in [0.25, 0.3) is 5.91 Å². The molecule has 1 amide bonds. The van der Waals surface area contributed by atoms with Crippen LogP contribution in [0.3, 0.4) is 0 Å². The summed E-state index contributed by atoms with van der Waals surface area (Å²) in [6.07, 6.45) is 5.63. The fraction of sp³-hybridized carbons (Fsp3) is 0.200. The number of H-pyrrole nitrogens is 1. The van der Waals surface area contributed by atoms with Crippen molar-refractivity contribution in [3.05, 3.63) is 36.0 Å². The van der Waals surface area contributed by atoms with Gasteiger partial charge in [-0.15, -0.1) is 12.3 Å². The SMILES string of the molecule is C#CCCNC(=O)c1cc(-c2ccccc2OC)n[nH]1. The fourth-order valence-corrected chi connectivity index (χ4v) is 1.78. The lowest BCUT2D eigenvalue weighted by Crippen LogP contribution is -2.24. The van der Waals surface area contributed by atoms with Crippen LogP contribution in [0.15, 0.2) is 30.3 Å². The highest BCUT2D eigenvalue weighted by atomic mass is 16.5. The highest BCUT2D eigenvalue weighted by Crippen LogP contribution is 2.28. The Morgan fingerprint density at radius 1 is 1.50 bits per heavy atom. The summed E-state index contributed by atoms with van der Waals surface area (Å²) in [5, 5.41) is 9.56. The lowest BCUT2D eigenvalue weighted by atomic mass is 10.1. The highest BCUT2D eigenvalue weighted by Gasteiger charge is 2.12. The molecule has 0 aliphatic carbocycles. The van der Waals surface area contributed by atoms with Crippen LogP contribution in [0.4, 0.5) is 0 Å². The molecule has 0 aliphatic heterocycles. The number of terminal acetylenes is 1. The number of amides is 1. The summed E-state index contributed by atoms with van der Waals surface area (Å²) in [6, 6.07) is 9.18. The molecule has 5 heteroatoms. The van der Waals surface area contributed by atoms with Crippen LogP contribution in [-0.2, 0) is 0 Å². The van der Waals surface area contributed by atoms with Gasteiger partial charge in [-0.2, -0.15) is 5.10 Å². The van der Waals surface area contributed by atoms with Crippen LogP contribution in [0.2, 0.25) is 0 Å². The second-order valence-corrected chi connectivity index (χ2v) is 4.08. The number of nitrogens with zero attached hydrogens (tertiary/aromatic N) is 1. The number of aromatic nitrogens is 2. The van der Waals surface area contributed by atoms with Gasteiger partial charge in [0.05, 0.1) is 12.8 Å². The number of ether oxygens (including phenoxy) is 1. The predicted octanol–water partition coefficient (Wildman–Crippen LogP) is 1.84. The standard InChI is InChI=1S/C15H15N3O2/c1-3-4-9-16-15(19)13-10-12(17-18-13)11-7-5-6-8-14(11)20-2/h1,5-8,10H,4,9H2,2H3,(H,16,19)(H,17,18). The molecule has 0 spiro atoms. The van der Waals surface area contributed by atoms with Gasteiger partial charge in [-0.25, -0.2) is 0 Å². The van der Waals surface area contributed by atoms with E-state index in [1.165, 1.54) is 0 Å². The van der Waals surface area contributed by atoms with Crippen molar-refractivity contribution in [2.45, 2.75) is 6.42 Å². The summed E-state index contributed by atoms with van der Waals surface area (Å²) in [6.45, 7) is 0.443. The van der Waals surface area contributed by atoms with E-state index >= 15 is 0 Å². The smallest absolute Gasteiger partial charge is 0.269 e. The van der Waals surface area contributed by atoms with E-state index in [9.17, 15) is 4.79 Å². The maximum atomic E-state index is 11.8. The van der Waals surface area contributed by atoms with Gasteiger partial charge in [0.1, 0.15) is 11.4 Å². The first-order chi connectivity index (χ1) is 9.76. The van der Waals surface area contributed by atoms with Crippen molar-refractivity contribution in [3.8, 4) is 29.4 Å². The maximum Gasteiger partial charge on any atom is 0.269 e. The monoisotopic (exact) mass is 269 g/mol. The molecule has 0 saturated carbocycles. The van der Waals surface area contributed by atoms with E-state index in [0.29, 0.717) is 30.1 Å². The molecule has 0 fully saturated rings. The van der Waals surface area contributed by atoms with Crippen LogP contribution >= 0.6 is 0 Å². The zero-order chi connectivity index (χ0) is 14.4. The molecule has 2 rings (SSSR count). The van der Waals surface area contributed by atoms with Crippen molar-refractivity contribution < 1.29 is 9.53 Å². The van der Waals surface area contributed by atoms with Gasteiger partial charge >= 0.3 is 0 Å². The van der Waals surface area contributed by atoms with Gasteiger partial charge in [-0.1, -0.05) is 12.1 Å². The van der Waals surface area contributed by atoms with Gasteiger partial charge in [-0.05, 0) is 18.2 Å². The third-order valence-corrected chi connectivity index (χ3v) is 2.76. The van der Waals surface area contributed by atoms with E-state index in [1.807, 2.05) is 24.3 Å². The first-order valence-corrected chi connectivity index (χ1v) is 6.16. The number of nitrogens with one attached hydrogen (secondary N) is 2. The average molecular weight is 269 g/mol. The van der Waals surface area contributed by atoms with Gasteiger partial charge in [0.15, 0.2) is 0 Å². The van der Waals surface area contributed by atoms with Crippen LogP contribution in [0.1, 0.15) is 16.9 Å². The zero-order valence-corrected chi connectivity index (χ0v) is 11.1. The Balaban J connectivity index is 2.17. The van der Waals surface area contributed by atoms with Gasteiger partial charge in [0, 0.05) is 18.5 Å². The first-order valence-electron chi connectivity index (χ1n) is 6.16. The number of rotatable bonds is 5. The van der Waals surface area contributed by atoms with Crippen molar-refractivity contribution >= 4 is 5.91 Å². The van der Waals surface area contributed by atoms with Crippen LogP contribution in [0, 0.1) is 12.3 Å². The topological polar surface area (TPSA) is 67.0 Å². The Labute approximate surface area is 117 Å². The molecular formula is C15H15N3O2. The van der Waals surface area contributed by atoms with Crippen LogP contribution < -0.4 is 10.1 Å². The third-order valence-electron chi connectivity index (χ3n) is 2.76. The molecule has 0 saturated heterocycles. The van der Waals surface area contributed by atoms with E-state index in [-0.39, 0.29) is 5.91 Å². The Hall–Kier alpha value is -2.74. The number of benzene rings is 1. The lowest BCUT2D eigenvalue weighted by Gasteiger charge is -2.04. The summed E-state index contributed by atoms with van der Waals surface area (Å²) < 4.78 is 5.27. The zero-order valence-electron chi connectivity index (χ0n) is 11.1. The Morgan fingerprint density at radius 3 is 3.05 bits per heavy atom. The number of hydrogen-bond acceptors (Lipinski definition) is 3. The largest absolute Gasteiger partial charge is 0.496 e. The Bertz CT molecular complexity index is 641. The van der Waals surface area contributed by atoms with Crippen molar-refractivity contribution in [3.63, 3.8) is 0 Å². The van der Waals surface area contributed by atoms with E-state index in [1.54, 1.807) is 13.2 Å². The minimum atomic E-state index is -0.228. The summed E-state index contributed by atoms with van der Waals surface area (Å²) >= 11 is 0. The minimum absolute atomic E-state index is 0.228. The van der Waals surface area contributed by atoms with Gasteiger partial charge in [-0.3, -0.25) is 9.89 Å². The molecule has 1 heterocycles. The number of para-hydroxylation sites is 1. The van der Waals surface area contributed by atoms with Gasteiger partial charge in [0.2, 0.25) is 0 Å². The number of methoxy groups -OCH3 is 1. The summed E-state index contributed by atoms with van der Waals surface area (Å²) in [5.74, 6) is 2.94. The molecule has 1 aromatic carbocycles. The van der Waals surface area contributed by atoms with Crippen LogP contribution in [0.5, 0.6) is 5.75 Å². The number of hydrogen-bond donors (Lipinski definition) is 2. The molecule has 0 atom stereocenters. The molecule has 2 aromatic rings. The molecule has 102 valence electrons. The molecule has 0 radical (unpaired) electrons. The molecule has 0 bridgehead atoms. The normalized spacial score (nSPS) is 9.80. The number of carbonyl (C=O) groups excluding carboxylic acids is 1. The Kier molecular flexibility index (Phi) is 4.40. The first kappa shape index (κ1) is 13.7. The van der Waals surface area contributed by atoms with Crippen LogP contribution in [0.25, 0.3) is 11.3 Å². The van der Waals surface area contributed by atoms with Crippen molar-refractivity contribution in [2.75, 3.05) is 13.7 Å². The molecule has 1 aromatic heterocycles. The lowest BCUT2D eigenvalue weighted by molar-refractivity contribution is 0.0949. The van der Waals surface area contributed by atoms with Crippen molar-refractivity contribution in [2.24, 2.45) is 0 Å². The summed E-state index contributed by atoms with van der Waals surface area (Å²) in [4.78, 5) is 11.8. The Morgan fingerprint density at radius 2 is 2.30 bits per heavy atom. The van der Waals surface area contributed by atoms with E-state index < -0.39 is 0 Å². The fourth-order valence-electron chi connectivity index (χ4n) is 1.78. The third kappa shape index (κ3) is 2.98. The second kappa shape index (κ2) is 6.43. The second-order valence-electron chi connectivity index (χ2n) is 4.08. The van der Waals surface area contributed by atoms with E-state index in [0.717, 1.165) is 5.56 Å². The quantitative estimate of drug-likeness (QED) is 0.643. The molecule has 5 nitrogen and oxygen atoms in total. The average Bonchev–Trinajstić information content (AvgIpc) is 2.97. The van der Waals surface area contributed by atoms with Gasteiger partial charge < -0.3 is 10.1 Å². The molecule has 0 aliphatic rings.